The summed E-state index contributed by atoms with van der Waals surface area (Å²) in [4.78, 5) is 28.3. The zero-order valence-electron chi connectivity index (χ0n) is 21.0. The first-order chi connectivity index (χ1) is 16.8. The van der Waals surface area contributed by atoms with Crippen LogP contribution in [0.1, 0.15) is 44.7 Å². The summed E-state index contributed by atoms with van der Waals surface area (Å²) in [6.45, 7) is 6.77. The molecular formula is C25H32Cl3N3O4S. The van der Waals surface area contributed by atoms with E-state index in [1.54, 1.807) is 50.2 Å². The number of benzene rings is 2. The van der Waals surface area contributed by atoms with Crippen molar-refractivity contribution in [2.45, 2.75) is 59.2 Å². The third kappa shape index (κ3) is 7.75. The van der Waals surface area contributed by atoms with Gasteiger partial charge in [0.15, 0.2) is 0 Å². The maximum Gasteiger partial charge on any atom is 0.244 e. The molecule has 2 aromatic rings. The SMILES string of the molecule is CCC(C)NC(=O)C(CC)N(Cc1ccc(Cl)cc1Cl)C(=O)CN(c1cccc(Cl)c1C)S(C)(=O)=O. The van der Waals surface area contributed by atoms with Crippen molar-refractivity contribution in [2.75, 3.05) is 17.1 Å². The zero-order valence-corrected chi connectivity index (χ0v) is 24.1. The van der Waals surface area contributed by atoms with E-state index in [4.69, 9.17) is 34.8 Å². The largest absolute Gasteiger partial charge is 0.352 e. The molecule has 2 rings (SSSR count). The monoisotopic (exact) mass is 575 g/mol. The number of nitrogens with one attached hydrogen (secondary N) is 1. The van der Waals surface area contributed by atoms with Crippen LogP contribution in [0.15, 0.2) is 36.4 Å². The van der Waals surface area contributed by atoms with Crippen molar-refractivity contribution >= 4 is 62.3 Å². The van der Waals surface area contributed by atoms with Crippen LogP contribution in [0.2, 0.25) is 15.1 Å². The van der Waals surface area contributed by atoms with Crippen molar-refractivity contribution < 1.29 is 18.0 Å². The van der Waals surface area contributed by atoms with Crippen LogP contribution in [0, 0.1) is 6.92 Å². The van der Waals surface area contributed by atoms with E-state index in [1.807, 2.05) is 13.8 Å². The molecule has 198 valence electrons. The molecule has 0 aliphatic carbocycles. The molecule has 7 nitrogen and oxygen atoms in total. The number of amides is 2. The second-order valence-corrected chi connectivity index (χ2v) is 11.8. The van der Waals surface area contributed by atoms with E-state index in [9.17, 15) is 18.0 Å². The van der Waals surface area contributed by atoms with Crippen LogP contribution in [0.25, 0.3) is 0 Å². The summed E-state index contributed by atoms with van der Waals surface area (Å²) in [5.41, 5.74) is 1.39. The normalized spacial score (nSPS) is 13.1. The van der Waals surface area contributed by atoms with Crippen molar-refractivity contribution in [1.29, 1.82) is 0 Å². The van der Waals surface area contributed by atoms with Gasteiger partial charge in [-0.05, 0) is 62.1 Å². The number of nitrogens with zero attached hydrogens (tertiary/aromatic N) is 2. The number of halogens is 3. The lowest BCUT2D eigenvalue weighted by Gasteiger charge is -2.34. The van der Waals surface area contributed by atoms with Crippen molar-refractivity contribution in [3.05, 3.63) is 62.6 Å². The molecule has 0 aliphatic heterocycles. The van der Waals surface area contributed by atoms with Crippen molar-refractivity contribution in [2.24, 2.45) is 0 Å². The minimum Gasteiger partial charge on any atom is -0.352 e. The van der Waals surface area contributed by atoms with E-state index in [0.717, 1.165) is 17.0 Å². The van der Waals surface area contributed by atoms with E-state index < -0.39 is 28.5 Å². The average Bonchev–Trinajstić information content (AvgIpc) is 2.79. The van der Waals surface area contributed by atoms with Crippen LogP contribution >= 0.6 is 34.8 Å². The Morgan fingerprint density at radius 3 is 2.25 bits per heavy atom. The summed E-state index contributed by atoms with van der Waals surface area (Å²) in [7, 11) is -3.86. The molecule has 0 fully saturated rings. The van der Waals surface area contributed by atoms with Crippen LogP contribution in [-0.2, 0) is 26.2 Å². The molecule has 2 aromatic carbocycles. The van der Waals surface area contributed by atoms with E-state index in [0.29, 0.717) is 38.3 Å². The molecule has 2 unspecified atom stereocenters. The van der Waals surface area contributed by atoms with Gasteiger partial charge in [-0.15, -0.1) is 0 Å². The van der Waals surface area contributed by atoms with Crippen LogP contribution in [0.4, 0.5) is 5.69 Å². The maximum absolute atomic E-state index is 13.8. The summed E-state index contributed by atoms with van der Waals surface area (Å²) in [5, 5.41) is 4.06. The number of hydrogen-bond acceptors (Lipinski definition) is 4. The Morgan fingerprint density at radius 2 is 1.69 bits per heavy atom. The molecular weight excluding hydrogens is 545 g/mol. The van der Waals surface area contributed by atoms with Gasteiger partial charge in [0.05, 0.1) is 11.9 Å². The standard InChI is InChI=1S/C25H32Cl3N3O4S/c1-6-16(3)29-25(33)22(7-2)30(14-18-11-12-19(26)13-21(18)28)24(32)15-31(36(5,34)35)23-10-8-9-20(27)17(23)4/h8-13,16,22H,6-7,14-15H2,1-5H3,(H,29,33). The molecule has 0 saturated heterocycles. The zero-order chi connectivity index (χ0) is 27.2. The Kier molecular flexibility index (Phi) is 10.9. The lowest BCUT2D eigenvalue weighted by Crippen LogP contribution is -2.53. The van der Waals surface area contributed by atoms with Crippen LogP contribution in [0.5, 0.6) is 0 Å². The van der Waals surface area contributed by atoms with Gasteiger partial charge in [0.1, 0.15) is 12.6 Å². The van der Waals surface area contributed by atoms with Crippen molar-refractivity contribution in [1.82, 2.24) is 10.2 Å². The highest BCUT2D eigenvalue weighted by Gasteiger charge is 2.33. The second-order valence-electron chi connectivity index (χ2n) is 8.65. The summed E-state index contributed by atoms with van der Waals surface area (Å²) in [5.74, 6) is -0.882. The van der Waals surface area contributed by atoms with Crippen molar-refractivity contribution in [3.8, 4) is 0 Å². The van der Waals surface area contributed by atoms with Gasteiger partial charge in [-0.2, -0.15) is 0 Å². The molecule has 0 bridgehead atoms. The van der Waals surface area contributed by atoms with Crippen LogP contribution in [0.3, 0.4) is 0 Å². The molecule has 0 saturated carbocycles. The minimum absolute atomic E-state index is 0.00655. The Labute approximate surface area is 228 Å². The van der Waals surface area contributed by atoms with E-state index >= 15 is 0 Å². The average molecular weight is 577 g/mol. The number of sulfonamides is 1. The van der Waals surface area contributed by atoms with Gasteiger partial charge in [-0.1, -0.05) is 60.8 Å². The summed E-state index contributed by atoms with van der Waals surface area (Å²) < 4.78 is 26.5. The molecule has 0 heterocycles. The number of hydrogen-bond donors (Lipinski definition) is 1. The molecule has 0 aromatic heterocycles. The van der Waals surface area contributed by atoms with Gasteiger partial charge in [0, 0.05) is 27.7 Å². The number of carbonyl (C=O) groups excluding carboxylic acids is 2. The maximum atomic E-state index is 13.8. The summed E-state index contributed by atoms with van der Waals surface area (Å²) >= 11 is 18.6. The Hall–Kier alpha value is -2.00. The van der Waals surface area contributed by atoms with Gasteiger partial charge in [-0.25, -0.2) is 8.42 Å². The molecule has 36 heavy (non-hydrogen) atoms. The molecule has 0 radical (unpaired) electrons. The summed E-state index contributed by atoms with van der Waals surface area (Å²) in [6, 6.07) is 8.78. The predicted octanol–water partition coefficient (Wildman–Crippen LogP) is 5.44. The highest BCUT2D eigenvalue weighted by atomic mass is 35.5. The molecule has 2 atom stereocenters. The van der Waals surface area contributed by atoms with Gasteiger partial charge in [0.25, 0.3) is 0 Å². The number of rotatable bonds is 11. The molecule has 11 heteroatoms. The number of carbonyl (C=O) groups is 2. The lowest BCUT2D eigenvalue weighted by molar-refractivity contribution is -0.140. The number of anilines is 1. The molecule has 2 amide bonds. The third-order valence-electron chi connectivity index (χ3n) is 5.93. The fourth-order valence-electron chi connectivity index (χ4n) is 3.66. The molecule has 0 aliphatic rings. The first-order valence-corrected chi connectivity index (χ1v) is 14.5. The summed E-state index contributed by atoms with van der Waals surface area (Å²) in [6.07, 6.45) is 2.05. The van der Waals surface area contributed by atoms with Gasteiger partial charge in [0.2, 0.25) is 21.8 Å². The Bertz CT molecular complexity index is 1210. The van der Waals surface area contributed by atoms with E-state index in [1.165, 1.54) is 4.90 Å². The van der Waals surface area contributed by atoms with Crippen LogP contribution < -0.4 is 9.62 Å². The second kappa shape index (κ2) is 13.0. The molecule has 0 spiro atoms. The van der Waals surface area contributed by atoms with Gasteiger partial charge in [-0.3, -0.25) is 13.9 Å². The minimum atomic E-state index is -3.86. The fourth-order valence-corrected chi connectivity index (χ4v) is 5.19. The van der Waals surface area contributed by atoms with Crippen molar-refractivity contribution in [3.63, 3.8) is 0 Å². The predicted molar refractivity (Wildman–Crippen MR) is 147 cm³/mol. The first kappa shape index (κ1) is 30.2. The molecule has 1 N–H and O–H groups in total. The van der Waals surface area contributed by atoms with Crippen LogP contribution in [-0.4, -0.2) is 50.0 Å². The highest BCUT2D eigenvalue weighted by Crippen LogP contribution is 2.29. The third-order valence-corrected chi connectivity index (χ3v) is 8.05. The quantitative estimate of drug-likeness (QED) is 0.386. The van der Waals surface area contributed by atoms with Gasteiger partial charge >= 0.3 is 0 Å². The lowest BCUT2D eigenvalue weighted by atomic mass is 10.1. The van der Waals surface area contributed by atoms with E-state index in [2.05, 4.69) is 5.32 Å². The first-order valence-electron chi connectivity index (χ1n) is 11.6. The topological polar surface area (TPSA) is 86.8 Å². The fraction of sp³-hybridized carbons (Fsp3) is 0.440. The Balaban J connectivity index is 2.52. The highest BCUT2D eigenvalue weighted by molar-refractivity contribution is 7.92. The van der Waals surface area contributed by atoms with Gasteiger partial charge < -0.3 is 10.2 Å². The van der Waals surface area contributed by atoms with E-state index in [-0.39, 0.29) is 18.5 Å². The Morgan fingerprint density at radius 1 is 1.03 bits per heavy atom. The smallest absolute Gasteiger partial charge is 0.244 e.